The lowest BCUT2D eigenvalue weighted by Crippen LogP contribution is -2.57. The number of aliphatic hydroxyl groups excluding tert-OH is 1. The van der Waals surface area contributed by atoms with Crippen molar-refractivity contribution in [2.45, 2.75) is 107 Å². The fraction of sp³-hybridized carbons (Fsp3) is 0.594. The molecule has 0 heterocycles. The highest BCUT2D eigenvalue weighted by molar-refractivity contribution is 6.17. The van der Waals surface area contributed by atoms with E-state index >= 15 is 0 Å². The molecule has 0 fully saturated rings. The number of carbonyl (C=O) groups excluding carboxylic acids is 3. The van der Waals surface area contributed by atoms with Crippen molar-refractivity contribution in [3.05, 3.63) is 56.2 Å². The van der Waals surface area contributed by atoms with E-state index in [1.165, 1.54) is 0 Å². The van der Waals surface area contributed by atoms with Crippen LogP contribution in [-0.2, 0) is 16.6 Å². The fourth-order valence-electron chi connectivity index (χ4n) is 8.19. The third-order valence-electron chi connectivity index (χ3n) is 9.85. The van der Waals surface area contributed by atoms with E-state index in [0.29, 0.717) is 36.0 Å². The minimum absolute atomic E-state index is 0.0163. The molecule has 0 radical (unpaired) electrons. The maximum atomic E-state index is 14.5. The van der Waals surface area contributed by atoms with Crippen LogP contribution < -0.4 is 0 Å². The molecule has 4 rings (SSSR count). The number of rotatable bonds is 2. The van der Waals surface area contributed by atoms with E-state index in [0.717, 1.165) is 33.4 Å². The lowest BCUT2D eigenvalue weighted by Gasteiger charge is -2.59. The van der Waals surface area contributed by atoms with Crippen LogP contribution in [-0.4, -0.2) is 28.6 Å². The van der Waals surface area contributed by atoms with Crippen molar-refractivity contribution < 1.29 is 19.5 Å². The molecule has 0 aromatic heterocycles. The zero-order chi connectivity index (χ0) is 27.3. The third-order valence-corrected chi connectivity index (χ3v) is 9.85. The van der Waals surface area contributed by atoms with E-state index < -0.39 is 22.3 Å². The minimum Gasteiger partial charge on any atom is -0.389 e. The minimum atomic E-state index is -0.875. The van der Waals surface area contributed by atoms with Gasteiger partial charge in [0.15, 0.2) is 17.3 Å². The zero-order valence-electron chi connectivity index (χ0n) is 23.9. The average Bonchev–Trinajstić information content (AvgIpc) is 2.68. The van der Waals surface area contributed by atoms with Gasteiger partial charge in [-0.1, -0.05) is 45.8 Å². The molecule has 3 aliphatic carbocycles. The summed E-state index contributed by atoms with van der Waals surface area (Å²) in [5.74, 6) is -0.111. The number of Topliss-reactive ketones (excluding diaryl/α,β-unsaturated/α-hetero) is 3. The maximum absolute atomic E-state index is 14.5. The Hall–Kier alpha value is -2.33. The number of ketones is 3. The average molecular weight is 491 g/mol. The summed E-state index contributed by atoms with van der Waals surface area (Å²) in [5.41, 5.74) is 5.12. The molecule has 4 atom stereocenters. The predicted molar refractivity (Wildman–Crippen MR) is 144 cm³/mol. The molecule has 0 spiro atoms. The molecule has 4 unspecified atom stereocenters. The van der Waals surface area contributed by atoms with Crippen molar-refractivity contribution in [3.63, 3.8) is 0 Å². The molecule has 4 heteroatoms. The summed E-state index contributed by atoms with van der Waals surface area (Å²) in [5, 5.41) is 10.5. The summed E-state index contributed by atoms with van der Waals surface area (Å²) in [6.07, 6.45) is 1.12. The topological polar surface area (TPSA) is 71.4 Å². The number of hydrogen-bond donors (Lipinski definition) is 1. The number of allylic oxidation sites excluding steroid dienone is 3. The van der Waals surface area contributed by atoms with Gasteiger partial charge in [-0.05, 0) is 94.4 Å². The molecule has 0 aliphatic heterocycles. The molecule has 0 amide bonds. The van der Waals surface area contributed by atoms with Crippen LogP contribution in [0, 0.1) is 23.2 Å². The van der Waals surface area contributed by atoms with Gasteiger partial charge in [0, 0.05) is 27.7 Å². The van der Waals surface area contributed by atoms with Gasteiger partial charge in [0.1, 0.15) is 0 Å². The Balaban J connectivity index is 2.07. The van der Waals surface area contributed by atoms with Gasteiger partial charge in [-0.25, -0.2) is 0 Å². The summed E-state index contributed by atoms with van der Waals surface area (Å²) < 4.78 is 0. The normalized spacial score (nSPS) is 31.2. The molecular formula is C32H42O4. The lowest BCUT2D eigenvalue weighted by molar-refractivity contribution is -0.133. The Morgan fingerprint density at radius 1 is 1.06 bits per heavy atom. The summed E-state index contributed by atoms with van der Waals surface area (Å²) in [7, 11) is 0. The molecule has 0 saturated heterocycles. The monoisotopic (exact) mass is 490 g/mol. The fourth-order valence-corrected chi connectivity index (χ4v) is 8.19. The van der Waals surface area contributed by atoms with Gasteiger partial charge < -0.3 is 5.11 Å². The van der Waals surface area contributed by atoms with Crippen LogP contribution in [0.3, 0.4) is 0 Å². The molecule has 3 aliphatic rings. The number of hydrogen-bond acceptors (Lipinski definition) is 4. The molecule has 36 heavy (non-hydrogen) atoms. The van der Waals surface area contributed by atoms with E-state index in [4.69, 9.17) is 0 Å². The molecule has 194 valence electrons. The number of aliphatic hydroxyl groups is 1. The van der Waals surface area contributed by atoms with E-state index in [-0.39, 0.29) is 22.8 Å². The Bertz CT molecular complexity index is 1300. The molecular weight excluding hydrogens is 448 g/mol. The van der Waals surface area contributed by atoms with Crippen LogP contribution in [0.25, 0.3) is 0 Å². The van der Waals surface area contributed by atoms with E-state index in [1.807, 2.05) is 33.8 Å². The highest BCUT2D eigenvalue weighted by atomic mass is 16.3. The number of carbonyl (C=O) groups is 3. The molecule has 0 saturated carbocycles. The number of benzene rings is 1. The summed E-state index contributed by atoms with van der Waals surface area (Å²) in [6.45, 7) is 21.8. The Morgan fingerprint density at radius 2 is 1.64 bits per heavy atom. The first-order valence-electron chi connectivity index (χ1n) is 13.2. The highest BCUT2D eigenvalue weighted by Crippen LogP contribution is 2.66. The smallest absolute Gasteiger partial charge is 0.190 e. The van der Waals surface area contributed by atoms with Crippen molar-refractivity contribution in [1.82, 2.24) is 0 Å². The quantitative estimate of drug-likeness (QED) is 0.472. The second-order valence-corrected chi connectivity index (χ2v) is 13.6. The number of fused-ring (bicyclic) bond motifs is 3. The Morgan fingerprint density at radius 3 is 2.14 bits per heavy atom. The van der Waals surface area contributed by atoms with E-state index in [9.17, 15) is 19.5 Å². The predicted octanol–water partition coefficient (Wildman–Crippen LogP) is 6.64. The van der Waals surface area contributed by atoms with Gasteiger partial charge in [-0.2, -0.15) is 0 Å². The molecule has 1 N–H and O–H groups in total. The zero-order valence-corrected chi connectivity index (χ0v) is 23.9. The van der Waals surface area contributed by atoms with Crippen LogP contribution in [0.5, 0.6) is 0 Å². The first-order valence-corrected chi connectivity index (χ1v) is 13.2. The lowest BCUT2D eigenvalue weighted by atomic mass is 9.42. The van der Waals surface area contributed by atoms with Crippen LogP contribution in [0.15, 0.2) is 28.4 Å². The second kappa shape index (κ2) is 7.84. The van der Waals surface area contributed by atoms with Gasteiger partial charge in [-0.15, -0.1) is 0 Å². The van der Waals surface area contributed by atoms with Crippen LogP contribution in [0.1, 0.15) is 119 Å². The van der Waals surface area contributed by atoms with Crippen LogP contribution >= 0.6 is 0 Å². The summed E-state index contributed by atoms with van der Waals surface area (Å²) in [4.78, 5) is 41.4. The van der Waals surface area contributed by atoms with Crippen molar-refractivity contribution in [2.75, 3.05) is 0 Å². The van der Waals surface area contributed by atoms with Crippen molar-refractivity contribution in [2.24, 2.45) is 16.2 Å². The van der Waals surface area contributed by atoms with Gasteiger partial charge >= 0.3 is 0 Å². The molecule has 4 nitrogen and oxygen atoms in total. The van der Waals surface area contributed by atoms with Crippen molar-refractivity contribution in [3.8, 4) is 0 Å². The van der Waals surface area contributed by atoms with E-state index in [1.54, 1.807) is 13.8 Å². The van der Waals surface area contributed by atoms with Gasteiger partial charge in [0.05, 0.1) is 11.5 Å². The summed E-state index contributed by atoms with van der Waals surface area (Å²) in [6, 6.07) is 2.01. The van der Waals surface area contributed by atoms with Gasteiger partial charge in [0.25, 0.3) is 0 Å². The molecule has 1 aromatic carbocycles. The van der Waals surface area contributed by atoms with Crippen molar-refractivity contribution >= 4 is 17.3 Å². The second-order valence-electron chi connectivity index (χ2n) is 13.6. The Kier molecular flexibility index (Phi) is 5.82. The first-order chi connectivity index (χ1) is 16.3. The van der Waals surface area contributed by atoms with Crippen LogP contribution in [0.4, 0.5) is 0 Å². The van der Waals surface area contributed by atoms with Gasteiger partial charge in [-0.3, -0.25) is 14.4 Å². The summed E-state index contributed by atoms with van der Waals surface area (Å²) >= 11 is 0. The SMILES string of the molecule is CC(=O)c1cc(C(C)(C)C)c(C)c2c1CC1(C)CC3(C)CC(C)=C(C(C)O)C(=O)C3(C)C(C)=C1C2=O. The largest absolute Gasteiger partial charge is 0.389 e. The van der Waals surface area contributed by atoms with Crippen molar-refractivity contribution in [1.29, 1.82) is 0 Å². The standard InChI is InChI=1S/C32H42O4/c1-16-13-31(10)15-30(9)14-22-21(19(4)33)12-23(29(6,7)8)17(2)25(22)27(35)26(30)18(3)32(31,11)28(36)24(16)20(5)34/h12,20,34H,13-15H2,1-11H3. The maximum Gasteiger partial charge on any atom is 0.190 e. The van der Waals surface area contributed by atoms with Crippen LogP contribution in [0.2, 0.25) is 0 Å². The third kappa shape index (κ3) is 3.32. The molecule has 1 aromatic rings. The highest BCUT2D eigenvalue weighted by Gasteiger charge is 2.63. The molecule has 0 bridgehead atoms. The Labute approximate surface area is 216 Å². The first kappa shape index (κ1) is 26.7. The van der Waals surface area contributed by atoms with E-state index in [2.05, 4.69) is 34.6 Å². The van der Waals surface area contributed by atoms with Gasteiger partial charge in [0.2, 0.25) is 0 Å².